The summed E-state index contributed by atoms with van der Waals surface area (Å²) in [6.45, 7) is 1.39. The molecule has 2 nitrogen and oxygen atoms in total. The average Bonchev–Trinajstić information content (AvgIpc) is 2.37. The van der Waals surface area contributed by atoms with E-state index in [0.717, 1.165) is 18.9 Å². The summed E-state index contributed by atoms with van der Waals surface area (Å²) >= 11 is 0. The van der Waals surface area contributed by atoms with Crippen LogP contribution < -0.4 is 5.32 Å². The minimum absolute atomic E-state index is 0.144. The van der Waals surface area contributed by atoms with Crippen LogP contribution in [0.3, 0.4) is 0 Å². The molecule has 1 unspecified atom stereocenters. The zero-order valence-electron chi connectivity index (χ0n) is 9.88. The van der Waals surface area contributed by atoms with Gasteiger partial charge in [0.15, 0.2) is 11.6 Å². The van der Waals surface area contributed by atoms with E-state index in [2.05, 4.69) is 5.32 Å². The van der Waals surface area contributed by atoms with Crippen LogP contribution in [0.4, 0.5) is 8.78 Å². The van der Waals surface area contributed by atoms with Gasteiger partial charge in [0.05, 0.1) is 0 Å². The first-order valence-electron chi connectivity index (χ1n) is 5.93. The summed E-state index contributed by atoms with van der Waals surface area (Å²) in [6, 6.07) is 4.21. The predicted molar refractivity (Wildman–Crippen MR) is 61.7 cm³/mol. The monoisotopic (exact) mass is 241 g/mol. The Morgan fingerprint density at radius 1 is 1.29 bits per heavy atom. The normalized spacial score (nSPS) is 19.2. The van der Waals surface area contributed by atoms with E-state index in [1.807, 2.05) is 0 Å². The molecule has 0 radical (unpaired) electrons. The van der Waals surface area contributed by atoms with Gasteiger partial charge in [0.2, 0.25) is 0 Å². The molecule has 0 saturated carbocycles. The van der Waals surface area contributed by atoms with Crippen molar-refractivity contribution in [1.29, 1.82) is 0 Å². The number of hydrogen-bond acceptors (Lipinski definition) is 2. The van der Waals surface area contributed by atoms with Gasteiger partial charge in [-0.1, -0.05) is 12.1 Å². The molecular formula is C13H17F2NO. The van der Waals surface area contributed by atoms with Gasteiger partial charge in [-0.3, -0.25) is 0 Å². The number of ether oxygens (including phenoxy) is 1. The van der Waals surface area contributed by atoms with E-state index < -0.39 is 11.6 Å². The van der Waals surface area contributed by atoms with Gasteiger partial charge in [0.25, 0.3) is 0 Å². The topological polar surface area (TPSA) is 21.3 Å². The quantitative estimate of drug-likeness (QED) is 0.878. The molecule has 1 aliphatic rings. The van der Waals surface area contributed by atoms with Gasteiger partial charge in [0, 0.05) is 24.8 Å². The fourth-order valence-electron chi connectivity index (χ4n) is 2.45. The van der Waals surface area contributed by atoms with E-state index in [9.17, 15) is 8.78 Å². The lowest BCUT2D eigenvalue weighted by molar-refractivity contribution is 0.0541. The van der Waals surface area contributed by atoms with Crippen LogP contribution in [-0.4, -0.2) is 20.3 Å². The maximum absolute atomic E-state index is 13.7. The van der Waals surface area contributed by atoms with Crippen LogP contribution in [0.1, 0.15) is 24.4 Å². The first-order chi connectivity index (χ1) is 8.24. The summed E-state index contributed by atoms with van der Waals surface area (Å²) in [5.41, 5.74) is 0.416. The third kappa shape index (κ3) is 2.64. The molecule has 1 aromatic rings. The molecule has 1 aromatic carbocycles. The second-order valence-electron chi connectivity index (χ2n) is 4.36. The molecule has 4 heteroatoms. The highest BCUT2D eigenvalue weighted by Gasteiger charge is 2.27. The number of benzene rings is 1. The molecule has 1 atom stereocenters. The van der Waals surface area contributed by atoms with Crippen molar-refractivity contribution in [2.75, 3.05) is 20.3 Å². The lowest BCUT2D eigenvalue weighted by atomic mass is 9.87. The summed E-state index contributed by atoms with van der Waals surface area (Å²) in [4.78, 5) is 0. The second-order valence-corrected chi connectivity index (χ2v) is 4.36. The average molecular weight is 241 g/mol. The van der Waals surface area contributed by atoms with Crippen molar-refractivity contribution in [1.82, 2.24) is 5.32 Å². The van der Waals surface area contributed by atoms with E-state index in [1.165, 1.54) is 0 Å². The maximum Gasteiger partial charge on any atom is 0.163 e. The van der Waals surface area contributed by atoms with E-state index in [-0.39, 0.29) is 6.04 Å². The minimum Gasteiger partial charge on any atom is -0.381 e. The van der Waals surface area contributed by atoms with Crippen LogP contribution in [0, 0.1) is 17.6 Å². The number of nitrogens with one attached hydrogen (secondary N) is 1. The largest absolute Gasteiger partial charge is 0.381 e. The van der Waals surface area contributed by atoms with Crippen molar-refractivity contribution in [2.24, 2.45) is 5.92 Å². The van der Waals surface area contributed by atoms with Crippen molar-refractivity contribution in [2.45, 2.75) is 18.9 Å². The summed E-state index contributed by atoms with van der Waals surface area (Å²) < 4.78 is 32.3. The van der Waals surface area contributed by atoms with E-state index >= 15 is 0 Å². The Balaban J connectivity index is 2.24. The molecular weight excluding hydrogens is 224 g/mol. The summed E-state index contributed by atoms with van der Waals surface area (Å²) in [7, 11) is 1.78. The van der Waals surface area contributed by atoms with Gasteiger partial charge in [-0.2, -0.15) is 0 Å². The van der Waals surface area contributed by atoms with E-state index in [0.29, 0.717) is 24.7 Å². The highest BCUT2D eigenvalue weighted by Crippen LogP contribution is 2.31. The van der Waals surface area contributed by atoms with Crippen LogP contribution >= 0.6 is 0 Å². The SMILES string of the molecule is CNC(c1cccc(F)c1F)C1CCOCC1. The molecule has 1 N–H and O–H groups in total. The molecule has 2 rings (SSSR count). The fraction of sp³-hybridized carbons (Fsp3) is 0.538. The molecule has 0 bridgehead atoms. The van der Waals surface area contributed by atoms with Crippen molar-refractivity contribution in [3.05, 3.63) is 35.4 Å². The van der Waals surface area contributed by atoms with Crippen LogP contribution in [0.5, 0.6) is 0 Å². The van der Waals surface area contributed by atoms with Gasteiger partial charge in [0.1, 0.15) is 0 Å². The molecule has 0 aliphatic carbocycles. The minimum atomic E-state index is -0.783. The van der Waals surface area contributed by atoms with Crippen LogP contribution in [0.15, 0.2) is 18.2 Å². The third-order valence-corrected chi connectivity index (χ3v) is 3.36. The number of rotatable bonds is 3. The lowest BCUT2D eigenvalue weighted by Gasteiger charge is -2.30. The van der Waals surface area contributed by atoms with Gasteiger partial charge < -0.3 is 10.1 Å². The summed E-state index contributed by atoms with van der Waals surface area (Å²) in [5.74, 6) is -1.22. The Labute approximate surface area is 100.0 Å². The molecule has 1 aliphatic heterocycles. The highest BCUT2D eigenvalue weighted by atomic mass is 19.2. The first kappa shape index (κ1) is 12.5. The van der Waals surface area contributed by atoms with Crippen LogP contribution in [-0.2, 0) is 4.74 Å². The standard InChI is InChI=1S/C13H17F2NO/c1-16-13(9-5-7-17-8-6-9)10-3-2-4-11(14)12(10)15/h2-4,9,13,16H,5-8H2,1H3. The number of hydrogen-bond donors (Lipinski definition) is 1. The smallest absolute Gasteiger partial charge is 0.163 e. The molecule has 1 saturated heterocycles. The zero-order valence-corrected chi connectivity index (χ0v) is 9.88. The lowest BCUT2D eigenvalue weighted by Crippen LogP contribution is -2.30. The fourth-order valence-corrected chi connectivity index (χ4v) is 2.45. The van der Waals surface area contributed by atoms with Gasteiger partial charge in [-0.15, -0.1) is 0 Å². The van der Waals surface area contributed by atoms with Crippen molar-refractivity contribution in [3.63, 3.8) is 0 Å². The van der Waals surface area contributed by atoms with Gasteiger partial charge in [-0.25, -0.2) is 8.78 Å². The molecule has 17 heavy (non-hydrogen) atoms. The van der Waals surface area contributed by atoms with Crippen LogP contribution in [0.2, 0.25) is 0 Å². The second kappa shape index (κ2) is 5.56. The van der Waals surface area contributed by atoms with Crippen molar-refractivity contribution >= 4 is 0 Å². The molecule has 0 amide bonds. The molecule has 0 spiro atoms. The van der Waals surface area contributed by atoms with E-state index in [4.69, 9.17) is 4.74 Å². The maximum atomic E-state index is 13.7. The molecule has 0 aromatic heterocycles. The van der Waals surface area contributed by atoms with E-state index in [1.54, 1.807) is 19.2 Å². The summed E-state index contributed by atoms with van der Waals surface area (Å²) in [5, 5.41) is 3.09. The Morgan fingerprint density at radius 3 is 2.65 bits per heavy atom. The third-order valence-electron chi connectivity index (χ3n) is 3.36. The number of halogens is 2. The van der Waals surface area contributed by atoms with Crippen LogP contribution in [0.25, 0.3) is 0 Å². The summed E-state index contributed by atoms with van der Waals surface area (Å²) in [6.07, 6.45) is 1.75. The predicted octanol–water partition coefficient (Wildman–Crippen LogP) is 2.65. The Morgan fingerprint density at radius 2 is 2.00 bits per heavy atom. The molecule has 1 heterocycles. The Bertz CT molecular complexity index is 378. The zero-order chi connectivity index (χ0) is 12.3. The molecule has 94 valence electrons. The van der Waals surface area contributed by atoms with Crippen molar-refractivity contribution in [3.8, 4) is 0 Å². The highest BCUT2D eigenvalue weighted by molar-refractivity contribution is 5.23. The molecule has 1 fully saturated rings. The first-order valence-corrected chi connectivity index (χ1v) is 5.93. The van der Waals surface area contributed by atoms with Gasteiger partial charge >= 0.3 is 0 Å². The Hall–Kier alpha value is -1.00. The van der Waals surface area contributed by atoms with Crippen molar-refractivity contribution < 1.29 is 13.5 Å². The van der Waals surface area contributed by atoms with Gasteiger partial charge in [-0.05, 0) is 31.9 Å². The Kier molecular flexibility index (Phi) is 4.07.